The number of para-hydroxylation sites is 1. The predicted octanol–water partition coefficient (Wildman–Crippen LogP) is 1.77. The van der Waals surface area contributed by atoms with E-state index in [1.165, 1.54) is 0 Å². The fourth-order valence-corrected chi connectivity index (χ4v) is 2.50. The van der Waals surface area contributed by atoms with Gasteiger partial charge in [0.25, 0.3) is 5.91 Å². The number of fused-ring (bicyclic) bond motifs is 1. The van der Waals surface area contributed by atoms with Crippen molar-refractivity contribution in [3.8, 4) is 17.2 Å². The fourth-order valence-electron chi connectivity index (χ4n) is 2.50. The van der Waals surface area contributed by atoms with Gasteiger partial charge in [-0.2, -0.15) is 0 Å². The number of rotatable bonds is 8. The second-order valence-electron chi connectivity index (χ2n) is 6.17. The van der Waals surface area contributed by atoms with Gasteiger partial charge in [-0.1, -0.05) is 18.2 Å². The Morgan fingerprint density at radius 2 is 1.69 bits per heavy atom. The van der Waals surface area contributed by atoms with Gasteiger partial charge in [-0.05, 0) is 30.3 Å². The van der Waals surface area contributed by atoms with Crippen molar-refractivity contribution in [2.45, 2.75) is 6.42 Å². The van der Waals surface area contributed by atoms with Crippen LogP contribution in [0, 0.1) is 0 Å². The van der Waals surface area contributed by atoms with Crippen molar-refractivity contribution in [3.05, 3.63) is 54.1 Å². The maximum absolute atomic E-state index is 12.2. The Hall–Kier alpha value is -3.55. The molecular weight excluding hydrogens is 378 g/mol. The van der Waals surface area contributed by atoms with Crippen LogP contribution in [0.4, 0.5) is 0 Å². The third kappa shape index (κ3) is 6.24. The Bertz CT molecular complexity index is 867. The van der Waals surface area contributed by atoms with Crippen LogP contribution in [0.5, 0.6) is 17.2 Å². The topological polar surface area (TPSA) is 100 Å². The maximum Gasteiger partial charge on any atom is 0.325 e. The van der Waals surface area contributed by atoms with Crippen molar-refractivity contribution in [1.82, 2.24) is 5.32 Å². The molecule has 0 aliphatic carbocycles. The average molecular weight is 399 g/mol. The van der Waals surface area contributed by atoms with Gasteiger partial charge in [0.05, 0.1) is 13.2 Å². The molecule has 152 valence electrons. The molecule has 1 N–H and O–H groups in total. The highest BCUT2D eigenvalue weighted by atomic mass is 16.5. The van der Waals surface area contributed by atoms with Crippen LogP contribution in [0.2, 0.25) is 0 Å². The number of nitrogens with one attached hydrogen (secondary N) is 1. The van der Waals surface area contributed by atoms with Crippen molar-refractivity contribution in [2.75, 3.05) is 33.0 Å². The van der Waals surface area contributed by atoms with Gasteiger partial charge in [-0.15, -0.1) is 0 Å². The summed E-state index contributed by atoms with van der Waals surface area (Å²) >= 11 is 0. The van der Waals surface area contributed by atoms with Crippen LogP contribution in [0.15, 0.2) is 48.5 Å². The van der Waals surface area contributed by atoms with E-state index in [1.807, 2.05) is 6.07 Å². The number of benzene rings is 2. The van der Waals surface area contributed by atoms with Crippen LogP contribution in [-0.2, 0) is 14.3 Å². The van der Waals surface area contributed by atoms with Crippen LogP contribution in [0.3, 0.4) is 0 Å². The lowest BCUT2D eigenvalue weighted by atomic mass is 10.1. The quantitative estimate of drug-likeness (QED) is 0.533. The van der Waals surface area contributed by atoms with Gasteiger partial charge in [0.15, 0.2) is 30.5 Å². The van der Waals surface area contributed by atoms with E-state index in [2.05, 4.69) is 5.32 Å². The Kier molecular flexibility index (Phi) is 7.05. The van der Waals surface area contributed by atoms with Crippen molar-refractivity contribution >= 4 is 17.7 Å². The predicted molar refractivity (Wildman–Crippen MR) is 102 cm³/mol. The van der Waals surface area contributed by atoms with E-state index < -0.39 is 18.5 Å². The van der Waals surface area contributed by atoms with Gasteiger partial charge >= 0.3 is 5.97 Å². The second-order valence-corrected chi connectivity index (χ2v) is 6.17. The molecule has 2 aromatic carbocycles. The van der Waals surface area contributed by atoms with Gasteiger partial charge in [-0.25, -0.2) is 0 Å². The van der Waals surface area contributed by atoms with Crippen LogP contribution < -0.4 is 19.5 Å². The molecule has 0 spiro atoms. The largest absolute Gasteiger partial charge is 0.490 e. The molecule has 0 saturated carbocycles. The number of carbonyl (C=O) groups excluding carboxylic acids is 3. The normalized spacial score (nSPS) is 12.4. The monoisotopic (exact) mass is 399 g/mol. The van der Waals surface area contributed by atoms with E-state index in [-0.39, 0.29) is 18.9 Å². The third-order valence-electron chi connectivity index (χ3n) is 3.98. The molecule has 8 heteroatoms. The lowest BCUT2D eigenvalue weighted by Gasteiger charge is -2.10. The summed E-state index contributed by atoms with van der Waals surface area (Å²) in [5.74, 6) is 0.0429. The van der Waals surface area contributed by atoms with Crippen molar-refractivity contribution in [1.29, 1.82) is 0 Å². The molecule has 1 aliphatic heterocycles. The molecule has 1 heterocycles. The molecule has 0 saturated heterocycles. The van der Waals surface area contributed by atoms with Gasteiger partial charge in [-0.3, -0.25) is 14.4 Å². The zero-order chi connectivity index (χ0) is 20.5. The Morgan fingerprint density at radius 1 is 0.931 bits per heavy atom. The number of carbonyl (C=O) groups is 3. The number of amides is 1. The summed E-state index contributed by atoms with van der Waals surface area (Å²) in [7, 11) is 0. The smallest absolute Gasteiger partial charge is 0.325 e. The summed E-state index contributed by atoms with van der Waals surface area (Å²) in [5, 5.41) is 2.38. The Balaban J connectivity index is 1.39. The molecule has 0 radical (unpaired) electrons. The molecule has 0 bridgehead atoms. The second kappa shape index (κ2) is 10.1. The summed E-state index contributed by atoms with van der Waals surface area (Å²) in [6, 6.07) is 13.6. The molecule has 0 aromatic heterocycles. The van der Waals surface area contributed by atoms with E-state index in [0.717, 1.165) is 6.42 Å². The highest BCUT2D eigenvalue weighted by Crippen LogP contribution is 2.30. The minimum absolute atomic E-state index is 0.229. The van der Waals surface area contributed by atoms with E-state index in [9.17, 15) is 14.4 Å². The first-order valence-electron chi connectivity index (χ1n) is 9.15. The maximum atomic E-state index is 12.2. The van der Waals surface area contributed by atoms with E-state index in [0.29, 0.717) is 36.0 Å². The number of hydrogen-bond donors (Lipinski definition) is 1. The molecular formula is C21H21NO7. The minimum Gasteiger partial charge on any atom is -0.490 e. The van der Waals surface area contributed by atoms with Crippen LogP contribution in [0.1, 0.15) is 16.8 Å². The number of ketones is 1. The molecule has 0 unspecified atom stereocenters. The average Bonchev–Trinajstić information content (AvgIpc) is 3.00. The van der Waals surface area contributed by atoms with Gasteiger partial charge < -0.3 is 24.3 Å². The highest BCUT2D eigenvalue weighted by Gasteiger charge is 2.16. The van der Waals surface area contributed by atoms with Crippen LogP contribution in [0.25, 0.3) is 0 Å². The molecule has 1 aliphatic rings. The van der Waals surface area contributed by atoms with Gasteiger partial charge in [0.1, 0.15) is 12.3 Å². The van der Waals surface area contributed by atoms with Crippen molar-refractivity contribution in [3.63, 3.8) is 0 Å². The van der Waals surface area contributed by atoms with E-state index in [4.69, 9.17) is 18.9 Å². The number of esters is 1. The van der Waals surface area contributed by atoms with Crippen molar-refractivity contribution < 1.29 is 33.3 Å². The molecule has 3 rings (SSSR count). The standard InChI is InChI=1S/C21H21NO7/c23-17(15-7-8-18-19(11-15)27-10-4-9-26-18)13-29-21(25)12-22-20(24)14-28-16-5-2-1-3-6-16/h1-3,5-8,11H,4,9-10,12-14H2,(H,22,24). The molecule has 0 atom stereocenters. The summed E-state index contributed by atoms with van der Waals surface area (Å²) in [6.45, 7) is 0.0427. The Labute approximate surface area is 167 Å². The lowest BCUT2D eigenvalue weighted by Crippen LogP contribution is -2.34. The summed E-state index contributed by atoms with van der Waals surface area (Å²) < 4.78 is 21.2. The minimum atomic E-state index is -0.722. The lowest BCUT2D eigenvalue weighted by molar-refractivity contribution is -0.143. The summed E-state index contributed by atoms with van der Waals surface area (Å²) in [4.78, 5) is 35.7. The molecule has 2 aromatic rings. The third-order valence-corrected chi connectivity index (χ3v) is 3.98. The SMILES string of the molecule is O=C(COc1ccccc1)NCC(=O)OCC(=O)c1ccc2c(c1)OCCCO2. The highest BCUT2D eigenvalue weighted by molar-refractivity contribution is 5.98. The van der Waals surface area contributed by atoms with E-state index >= 15 is 0 Å². The zero-order valence-electron chi connectivity index (χ0n) is 15.7. The summed E-state index contributed by atoms with van der Waals surface area (Å²) in [6.07, 6.45) is 0.762. The first kappa shape index (κ1) is 20.2. The Morgan fingerprint density at radius 3 is 2.48 bits per heavy atom. The molecule has 0 fully saturated rings. The molecule has 8 nitrogen and oxygen atoms in total. The number of Topliss-reactive ketones (excluding diaryl/α,β-unsaturated/α-hetero) is 1. The van der Waals surface area contributed by atoms with Crippen molar-refractivity contribution in [2.24, 2.45) is 0 Å². The number of hydrogen-bond acceptors (Lipinski definition) is 7. The molecule has 1 amide bonds. The summed E-state index contributed by atoms with van der Waals surface area (Å²) in [5.41, 5.74) is 0.349. The first-order valence-corrected chi connectivity index (χ1v) is 9.15. The van der Waals surface area contributed by atoms with Crippen LogP contribution >= 0.6 is 0 Å². The van der Waals surface area contributed by atoms with Crippen LogP contribution in [-0.4, -0.2) is 50.6 Å². The molecule has 29 heavy (non-hydrogen) atoms. The number of ether oxygens (including phenoxy) is 4. The first-order chi connectivity index (χ1) is 14.1. The fraction of sp³-hybridized carbons (Fsp3) is 0.286. The van der Waals surface area contributed by atoms with Gasteiger partial charge in [0, 0.05) is 12.0 Å². The van der Waals surface area contributed by atoms with E-state index in [1.54, 1.807) is 42.5 Å². The zero-order valence-corrected chi connectivity index (χ0v) is 15.7. The van der Waals surface area contributed by atoms with Gasteiger partial charge in [0.2, 0.25) is 0 Å².